The van der Waals surface area contributed by atoms with E-state index in [2.05, 4.69) is 77.8 Å². The van der Waals surface area contributed by atoms with Gasteiger partial charge in [0.2, 0.25) is 0 Å². The van der Waals surface area contributed by atoms with Gasteiger partial charge in [-0.15, -0.1) is 0 Å². The first-order valence-electron chi connectivity index (χ1n) is 9.71. The second-order valence-corrected chi connectivity index (χ2v) is 9.00. The Kier molecular flexibility index (Phi) is 7.87. The van der Waals surface area contributed by atoms with E-state index in [9.17, 15) is 0 Å². The Morgan fingerprint density at radius 1 is 0.577 bits per heavy atom. The lowest BCUT2D eigenvalue weighted by molar-refractivity contribution is 0.630. The molecule has 1 aromatic heterocycles. The molecule has 0 aliphatic rings. The fourth-order valence-electron chi connectivity index (χ4n) is 3.28. The van der Waals surface area contributed by atoms with Gasteiger partial charge in [0.15, 0.2) is 0 Å². The van der Waals surface area contributed by atoms with Crippen LogP contribution >= 0.6 is 7.92 Å². The van der Waals surface area contributed by atoms with Crippen LogP contribution in [0.5, 0.6) is 0 Å². The molecule has 0 saturated carbocycles. The van der Waals surface area contributed by atoms with Gasteiger partial charge >= 0.3 is 0 Å². The number of hydrogen-bond acceptors (Lipinski definition) is 1. The molecule has 0 amide bonds. The summed E-state index contributed by atoms with van der Waals surface area (Å²) in [5.74, 6) is 0. The van der Waals surface area contributed by atoms with E-state index >= 15 is 0 Å². The van der Waals surface area contributed by atoms with Gasteiger partial charge in [0.1, 0.15) is 0 Å². The molecule has 0 aliphatic carbocycles. The molecule has 3 aromatic rings. The minimum atomic E-state index is -0.222. The SMILES string of the molecule is c1ccc(P(CCCCCCCc2ccccn2)c2ccccc2)cc1. The number of nitrogens with zero attached hydrogens (tertiary/aromatic N) is 1. The molecule has 1 heterocycles. The largest absolute Gasteiger partial charge is 0.261 e. The van der Waals surface area contributed by atoms with E-state index < -0.39 is 0 Å². The average Bonchev–Trinajstić information content (AvgIpc) is 2.72. The minimum absolute atomic E-state index is 0.222. The first kappa shape index (κ1) is 18.8. The van der Waals surface area contributed by atoms with Crippen molar-refractivity contribution in [1.29, 1.82) is 0 Å². The Hall–Kier alpha value is -1.98. The molecule has 26 heavy (non-hydrogen) atoms. The third-order valence-electron chi connectivity index (χ3n) is 4.68. The summed E-state index contributed by atoms with van der Waals surface area (Å²) in [6, 6.07) is 28.3. The molecule has 3 rings (SSSR count). The maximum absolute atomic E-state index is 4.41. The van der Waals surface area contributed by atoms with Crippen LogP contribution in [0.3, 0.4) is 0 Å². The normalized spacial score (nSPS) is 11.0. The fraction of sp³-hybridized carbons (Fsp3) is 0.292. The topological polar surface area (TPSA) is 12.9 Å². The predicted octanol–water partition coefficient (Wildman–Crippen LogP) is 5.71. The summed E-state index contributed by atoms with van der Waals surface area (Å²) >= 11 is 0. The molecule has 0 fully saturated rings. The Morgan fingerprint density at radius 3 is 1.77 bits per heavy atom. The zero-order chi connectivity index (χ0) is 17.9. The van der Waals surface area contributed by atoms with E-state index in [0.717, 1.165) is 6.42 Å². The van der Waals surface area contributed by atoms with Crippen molar-refractivity contribution in [2.45, 2.75) is 38.5 Å². The van der Waals surface area contributed by atoms with E-state index in [-0.39, 0.29) is 7.92 Å². The Bertz CT molecular complexity index is 688. The fourth-order valence-corrected chi connectivity index (χ4v) is 5.69. The molecule has 0 atom stereocenters. The van der Waals surface area contributed by atoms with Gasteiger partial charge in [-0.2, -0.15) is 0 Å². The number of unbranched alkanes of at least 4 members (excludes halogenated alkanes) is 4. The maximum Gasteiger partial charge on any atom is 0.0403 e. The lowest BCUT2D eigenvalue weighted by Gasteiger charge is -2.18. The van der Waals surface area contributed by atoms with Crippen LogP contribution in [-0.4, -0.2) is 11.1 Å². The molecule has 0 radical (unpaired) electrons. The van der Waals surface area contributed by atoms with Gasteiger partial charge in [-0.3, -0.25) is 4.98 Å². The first-order valence-corrected chi connectivity index (χ1v) is 11.2. The van der Waals surface area contributed by atoms with Crippen LogP contribution < -0.4 is 10.6 Å². The van der Waals surface area contributed by atoms with Crippen LogP contribution in [0.25, 0.3) is 0 Å². The van der Waals surface area contributed by atoms with Crippen molar-refractivity contribution in [1.82, 2.24) is 4.98 Å². The molecule has 2 aromatic carbocycles. The molecule has 0 N–H and O–H groups in total. The number of aromatic nitrogens is 1. The monoisotopic (exact) mass is 361 g/mol. The maximum atomic E-state index is 4.41. The second-order valence-electron chi connectivity index (χ2n) is 6.66. The molecule has 0 aliphatic heterocycles. The van der Waals surface area contributed by atoms with E-state index in [0.29, 0.717) is 0 Å². The van der Waals surface area contributed by atoms with Gasteiger partial charge in [0.25, 0.3) is 0 Å². The van der Waals surface area contributed by atoms with Crippen molar-refractivity contribution >= 4 is 18.5 Å². The van der Waals surface area contributed by atoms with Crippen molar-refractivity contribution in [2.75, 3.05) is 6.16 Å². The molecular formula is C24H28NP. The van der Waals surface area contributed by atoms with Crippen LogP contribution in [0.4, 0.5) is 0 Å². The highest BCUT2D eigenvalue weighted by molar-refractivity contribution is 7.73. The zero-order valence-electron chi connectivity index (χ0n) is 15.4. The molecule has 2 heteroatoms. The van der Waals surface area contributed by atoms with Crippen LogP contribution in [0, 0.1) is 0 Å². The first-order chi connectivity index (χ1) is 12.9. The number of hydrogen-bond donors (Lipinski definition) is 0. The van der Waals surface area contributed by atoms with E-state index in [1.54, 1.807) is 0 Å². The van der Waals surface area contributed by atoms with Crippen LogP contribution in [0.15, 0.2) is 85.1 Å². The van der Waals surface area contributed by atoms with Gasteiger partial charge in [-0.25, -0.2) is 0 Å². The summed E-state index contributed by atoms with van der Waals surface area (Å²) in [4.78, 5) is 4.41. The molecule has 0 bridgehead atoms. The van der Waals surface area contributed by atoms with Crippen LogP contribution in [-0.2, 0) is 6.42 Å². The molecule has 134 valence electrons. The molecule has 0 saturated heterocycles. The third-order valence-corrected chi connectivity index (χ3v) is 7.28. The van der Waals surface area contributed by atoms with Gasteiger partial charge in [0, 0.05) is 11.9 Å². The van der Waals surface area contributed by atoms with E-state index in [4.69, 9.17) is 0 Å². The van der Waals surface area contributed by atoms with Crippen molar-refractivity contribution in [2.24, 2.45) is 0 Å². The van der Waals surface area contributed by atoms with E-state index in [1.165, 1.54) is 54.6 Å². The number of rotatable bonds is 10. The number of pyridine rings is 1. The van der Waals surface area contributed by atoms with Crippen LogP contribution in [0.2, 0.25) is 0 Å². The molecule has 0 unspecified atom stereocenters. The van der Waals surface area contributed by atoms with Crippen molar-refractivity contribution in [3.8, 4) is 0 Å². The van der Waals surface area contributed by atoms with Gasteiger partial charge in [0.05, 0.1) is 0 Å². The molecular weight excluding hydrogens is 333 g/mol. The Balaban J connectivity index is 1.42. The van der Waals surface area contributed by atoms with Gasteiger partial charge < -0.3 is 0 Å². The summed E-state index contributed by atoms with van der Waals surface area (Å²) in [7, 11) is -0.222. The summed E-state index contributed by atoms with van der Waals surface area (Å²) in [6.45, 7) is 0. The van der Waals surface area contributed by atoms with Crippen LogP contribution in [0.1, 0.15) is 37.8 Å². The highest BCUT2D eigenvalue weighted by atomic mass is 31.1. The molecule has 0 spiro atoms. The van der Waals surface area contributed by atoms with Gasteiger partial charge in [-0.1, -0.05) is 86.0 Å². The summed E-state index contributed by atoms with van der Waals surface area (Å²) in [5, 5.41) is 3.01. The standard InChI is InChI=1S/C24H28NP/c1(2-6-14-22-15-11-12-20-25-22)3-13-21-26(23-16-7-4-8-17-23)24-18-9-5-10-19-24/h4-5,7-12,15-20H,1-3,6,13-14,21H2. The van der Waals surface area contributed by atoms with Crippen molar-refractivity contribution in [3.63, 3.8) is 0 Å². The summed E-state index contributed by atoms with van der Waals surface area (Å²) < 4.78 is 0. The number of aryl methyl sites for hydroxylation is 1. The molecule has 1 nitrogen and oxygen atoms in total. The lowest BCUT2D eigenvalue weighted by atomic mass is 10.1. The van der Waals surface area contributed by atoms with Crippen molar-refractivity contribution in [3.05, 3.63) is 90.8 Å². The highest BCUT2D eigenvalue weighted by Gasteiger charge is 2.12. The van der Waals surface area contributed by atoms with Gasteiger partial charge in [-0.05, 0) is 56.1 Å². The Labute approximate surface area is 159 Å². The second kappa shape index (κ2) is 10.9. The van der Waals surface area contributed by atoms with E-state index in [1.807, 2.05) is 12.3 Å². The number of benzene rings is 2. The quantitative estimate of drug-likeness (QED) is 0.333. The minimum Gasteiger partial charge on any atom is -0.261 e. The predicted molar refractivity (Wildman–Crippen MR) is 115 cm³/mol. The lowest BCUT2D eigenvalue weighted by Crippen LogP contribution is -2.13. The highest BCUT2D eigenvalue weighted by Crippen LogP contribution is 2.34. The zero-order valence-corrected chi connectivity index (χ0v) is 16.3. The third kappa shape index (κ3) is 6.07. The summed E-state index contributed by atoms with van der Waals surface area (Å²) in [6.07, 6.45) is 10.9. The average molecular weight is 361 g/mol. The smallest absolute Gasteiger partial charge is 0.0403 e. The van der Waals surface area contributed by atoms with Crippen molar-refractivity contribution < 1.29 is 0 Å². The summed E-state index contributed by atoms with van der Waals surface area (Å²) in [5.41, 5.74) is 1.23. The Morgan fingerprint density at radius 2 is 1.15 bits per heavy atom.